The van der Waals surface area contributed by atoms with Crippen molar-refractivity contribution >= 4 is 28.4 Å². The van der Waals surface area contributed by atoms with Crippen LogP contribution >= 0.6 is 11.6 Å². The van der Waals surface area contributed by atoms with Crippen LogP contribution < -0.4 is 4.74 Å². The average Bonchev–Trinajstić information content (AvgIpc) is 3.35. The Morgan fingerprint density at radius 1 is 1.06 bits per heavy atom. The number of nitrogens with one attached hydrogen (secondary N) is 1. The van der Waals surface area contributed by atoms with E-state index in [4.69, 9.17) is 25.8 Å². The van der Waals surface area contributed by atoms with Crippen molar-refractivity contribution in [2.45, 2.75) is 18.6 Å². The molecule has 5 rings (SSSR count). The molecule has 2 aliphatic rings. The van der Waals surface area contributed by atoms with Crippen LogP contribution in [0.25, 0.3) is 10.9 Å². The minimum atomic E-state index is -0.737. The number of fused-ring (bicyclic) bond motifs is 1. The molecule has 2 saturated heterocycles. The van der Waals surface area contributed by atoms with Crippen molar-refractivity contribution in [1.29, 1.82) is 0 Å². The van der Waals surface area contributed by atoms with Crippen molar-refractivity contribution in [2.24, 2.45) is 0 Å². The van der Waals surface area contributed by atoms with Crippen LogP contribution in [-0.4, -0.2) is 78.9 Å². The largest absolute Gasteiger partial charge is 0.491 e. The molecule has 2 fully saturated rings. The molecule has 180 valence electrons. The maximum Gasteiger partial charge on any atom is 0.225 e. The van der Waals surface area contributed by atoms with Crippen LogP contribution in [0.4, 0.5) is 0 Å². The number of halogens is 1. The number of benzene rings is 2. The molecule has 0 aliphatic carbocycles. The van der Waals surface area contributed by atoms with Crippen LogP contribution in [0.15, 0.2) is 54.7 Å². The van der Waals surface area contributed by atoms with E-state index < -0.39 is 5.60 Å². The zero-order valence-electron chi connectivity index (χ0n) is 19.2. The fourth-order valence-electron chi connectivity index (χ4n) is 4.78. The lowest BCUT2D eigenvalue weighted by Gasteiger charge is -2.43. The van der Waals surface area contributed by atoms with E-state index in [2.05, 4.69) is 34.1 Å². The van der Waals surface area contributed by atoms with Gasteiger partial charge in [0.05, 0.1) is 26.2 Å². The Bertz CT molecular complexity index is 1110. The van der Waals surface area contributed by atoms with Gasteiger partial charge in [0.1, 0.15) is 18.0 Å². The van der Waals surface area contributed by atoms with Gasteiger partial charge in [-0.3, -0.25) is 9.69 Å². The van der Waals surface area contributed by atoms with E-state index in [-0.39, 0.29) is 18.9 Å². The molecule has 0 spiro atoms. The highest BCUT2D eigenvalue weighted by molar-refractivity contribution is 6.30. The number of rotatable bonds is 7. The Morgan fingerprint density at radius 3 is 2.71 bits per heavy atom. The zero-order valence-corrected chi connectivity index (χ0v) is 19.9. The predicted molar refractivity (Wildman–Crippen MR) is 131 cm³/mol. The highest BCUT2D eigenvalue weighted by Gasteiger charge is 2.41. The van der Waals surface area contributed by atoms with Gasteiger partial charge in [-0.15, -0.1) is 0 Å². The number of nitrogens with zero attached hydrogens (tertiary/aromatic N) is 2. The average molecular weight is 484 g/mol. The van der Waals surface area contributed by atoms with E-state index in [1.165, 1.54) is 10.9 Å². The smallest absolute Gasteiger partial charge is 0.225 e. The first-order valence-electron chi connectivity index (χ1n) is 11.8. The van der Waals surface area contributed by atoms with Crippen LogP contribution in [0, 0.1) is 0 Å². The highest BCUT2D eigenvalue weighted by Crippen LogP contribution is 2.28. The Balaban J connectivity index is 1.34. The molecular weight excluding hydrogens is 454 g/mol. The van der Waals surface area contributed by atoms with E-state index in [9.17, 15) is 4.79 Å². The van der Waals surface area contributed by atoms with Gasteiger partial charge < -0.3 is 24.1 Å². The van der Waals surface area contributed by atoms with Gasteiger partial charge in [0.15, 0.2) is 0 Å². The maximum atomic E-state index is 13.2. The van der Waals surface area contributed by atoms with Gasteiger partial charge in [0.25, 0.3) is 0 Å². The lowest BCUT2D eigenvalue weighted by Crippen LogP contribution is -2.57. The number of aromatic nitrogens is 1. The number of H-pyrrole nitrogens is 1. The summed E-state index contributed by atoms with van der Waals surface area (Å²) < 4.78 is 17.9. The summed E-state index contributed by atoms with van der Waals surface area (Å²) >= 11 is 6.02. The summed E-state index contributed by atoms with van der Waals surface area (Å²) in [7, 11) is 0. The molecule has 0 saturated carbocycles. The number of amides is 1. The van der Waals surface area contributed by atoms with E-state index in [1.54, 1.807) is 12.1 Å². The molecular formula is C26H30ClN3O4. The number of ether oxygens (including phenoxy) is 3. The number of hydrogen-bond acceptors (Lipinski definition) is 5. The zero-order chi connectivity index (χ0) is 23.4. The van der Waals surface area contributed by atoms with Gasteiger partial charge >= 0.3 is 0 Å². The summed E-state index contributed by atoms with van der Waals surface area (Å²) in [6.45, 7) is 5.42. The number of aromatic amines is 1. The highest BCUT2D eigenvalue weighted by atomic mass is 35.5. The first-order valence-corrected chi connectivity index (χ1v) is 12.1. The molecule has 0 unspecified atom stereocenters. The van der Waals surface area contributed by atoms with Gasteiger partial charge in [-0.25, -0.2) is 0 Å². The molecule has 1 N–H and O–H groups in total. The van der Waals surface area contributed by atoms with E-state index in [1.807, 2.05) is 23.2 Å². The van der Waals surface area contributed by atoms with Crippen molar-refractivity contribution in [2.75, 3.05) is 52.6 Å². The number of morpholine rings is 2. The molecule has 0 radical (unpaired) electrons. The van der Waals surface area contributed by atoms with E-state index in [0.29, 0.717) is 50.2 Å². The molecule has 3 heterocycles. The van der Waals surface area contributed by atoms with Crippen LogP contribution in [0.3, 0.4) is 0 Å². The second kappa shape index (κ2) is 10.4. The Labute approximate surface area is 204 Å². The fourth-order valence-corrected chi connectivity index (χ4v) is 4.90. The Kier molecular flexibility index (Phi) is 7.06. The van der Waals surface area contributed by atoms with Crippen LogP contribution in [0.2, 0.25) is 5.02 Å². The minimum Gasteiger partial charge on any atom is -0.491 e. The van der Waals surface area contributed by atoms with Gasteiger partial charge in [0, 0.05) is 54.8 Å². The van der Waals surface area contributed by atoms with Crippen molar-refractivity contribution in [1.82, 2.24) is 14.8 Å². The molecule has 3 aromatic rings. The van der Waals surface area contributed by atoms with Crippen LogP contribution in [0.1, 0.15) is 12.0 Å². The van der Waals surface area contributed by atoms with Crippen LogP contribution in [0.5, 0.6) is 5.75 Å². The first kappa shape index (κ1) is 23.2. The summed E-state index contributed by atoms with van der Waals surface area (Å²) in [5.74, 6) is 0.790. The summed E-state index contributed by atoms with van der Waals surface area (Å²) in [6.07, 6.45) is 2.24. The molecule has 2 aromatic carbocycles. The summed E-state index contributed by atoms with van der Waals surface area (Å²) in [5, 5.41) is 1.88. The molecule has 2 aliphatic heterocycles. The molecule has 0 bridgehead atoms. The minimum absolute atomic E-state index is 0.0811. The summed E-state index contributed by atoms with van der Waals surface area (Å²) in [5.41, 5.74) is 1.65. The Morgan fingerprint density at radius 2 is 1.88 bits per heavy atom. The third kappa shape index (κ3) is 5.39. The second-order valence-corrected chi connectivity index (χ2v) is 9.45. The lowest BCUT2D eigenvalue weighted by molar-refractivity contribution is -0.159. The summed E-state index contributed by atoms with van der Waals surface area (Å²) in [6, 6.07) is 15.7. The van der Waals surface area contributed by atoms with Crippen molar-refractivity contribution in [3.63, 3.8) is 0 Å². The standard InChI is InChI=1S/C26H30ClN3O4/c27-21-4-6-22(7-5-21)33-19-26(16-25(31)30-11-13-32-14-12-30)18-29(10-15-34-26)17-20-2-1-3-24-23(20)8-9-28-24/h1-9,28H,10-19H2/t26-/m0/s1. The first-order chi connectivity index (χ1) is 16.6. The molecule has 1 aromatic heterocycles. The lowest BCUT2D eigenvalue weighted by atomic mass is 9.96. The molecule has 7 nitrogen and oxygen atoms in total. The SMILES string of the molecule is O=C(C[C@@]1(COc2ccc(Cl)cc2)CN(Cc2cccc3[nH]ccc23)CCO1)N1CCOCC1. The molecule has 8 heteroatoms. The molecule has 34 heavy (non-hydrogen) atoms. The van der Waals surface area contributed by atoms with Crippen LogP contribution in [-0.2, 0) is 20.8 Å². The number of carbonyl (C=O) groups is 1. The third-order valence-corrected chi connectivity index (χ3v) is 6.81. The van der Waals surface area contributed by atoms with Crippen molar-refractivity contribution in [3.05, 3.63) is 65.3 Å². The Hall–Kier alpha value is -2.58. The second-order valence-electron chi connectivity index (χ2n) is 9.01. The predicted octanol–water partition coefficient (Wildman–Crippen LogP) is 3.72. The summed E-state index contributed by atoms with van der Waals surface area (Å²) in [4.78, 5) is 20.7. The molecule has 1 amide bonds. The monoisotopic (exact) mass is 483 g/mol. The topological polar surface area (TPSA) is 67.0 Å². The fraction of sp³-hybridized carbons (Fsp3) is 0.423. The van der Waals surface area contributed by atoms with Gasteiger partial charge in [-0.1, -0.05) is 23.7 Å². The van der Waals surface area contributed by atoms with E-state index >= 15 is 0 Å². The maximum absolute atomic E-state index is 13.2. The quantitative estimate of drug-likeness (QED) is 0.554. The van der Waals surface area contributed by atoms with Crippen molar-refractivity contribution in [3.8, 4) is 5.75 Å². The number of hydrogen-bond donors (Lipinski definition) is 1. The third-order valence-electron chi connectivity index (χ3n) is 6.56. The molecule has 1 atom stereocenters. The van der Waals surface area contributed by atoms with Gasteiger partial charge in [0.2, 0.25) is 5.91 Å². The van der Waals surface area contributed by atoms with E-state index in [0.717, 1.165) is 18.6 Å². The van der Waals surface area contributed by atoms with Gasteiger partial charge in [-0.2, -0.15) is 0 Å². The number of carbonyl (C=O) groups excluding carboxylic acids is 1. The van der Waals surface area contributed by atoms with Crippen molar-refractivity contribution < 1.29 is 19.0 Å². The normalized spacial score (nSPS) is 21.6. The van der Waals surface area contributed by atoms with Gasteiger partial charge in [-0.05, 0) is 42.0 Å².